The number of aromatic nitrogens is 3. The van der Waals surface area contributed by atoms with E-state index in [1.807, 2.05) is 6.07 Å². The van der Waals surface area contributed by atoms with Gasteiger partial charge in [0.1, 0.15) is 7.05 Å². The van der Waals surface area contributed by atoms with E-state index in [-0.39, 0.29) is 10.8 Å². The number of hydrogen-bond acceptors (Lipinski definition) is 3. The third kappa shape index (κ3) is 4.12. The van der Waals surface area contributed by atoms with Crippen LogP contribution >= 0.6 is 0 Å². The second kappa shape index (κ2) is 8.01. The highest BCUT2D eigenvalue weighted by Crippen LogP contribution is 2.38. The van der Waals surface area contributed by atoms with Gasteiger partial charge < -0.3 is 4.42 Å². The molecule has 4 nitrogen and oxygen atoms in total. The van der Waals surface area contributed by atoms with E-state index < -0.39 is 0 Å². The Kier molecular flexibility index (Phi) is 5.32. The first-order valence-electron chi connectivity index (χ1n) is 12.2. The second-order valence-electron chi connectivity index (χ2n) is 11.6. The summed E-state index contributed by atoms with van der Waals surface area (Å²) in [5, 5.41) is 2.12. The number of rotatable bonds is 2. The Labute approximate surface area is 207 Å². The van der Waals surface area contributed by atoms with Gasteiger partial charge in [-0.3, -0.25) is 4.98 Å². The molecule has 1 aromatic carbocycles. The van der Waals surface area contributed by atoms with Gasteiger partial charge >= 0.3 is 0 Å². The highest BCUT2D eigenvalue weighted by molar-refractivity contribution is 6.09. The fourth-order valence-electron chi connectivity index (χ4n) is 4.53. The molecule has 0 atom stereocenters. The molecule has 4 heterocycles. The van der Waals surface area contributed by atoms with E-state index in [4.69, 9.17) is 14.4 Å². The first-order valence-corrected chi connectivity index (χ1v) is 12.2. The highest BCUT2D eigenvalue weighted by atomic mass is 16.3. The van der Waals surface area contributed by atoms with Crippen LogP contribution in [-0.4, -0.2) is 9.97 Å². The maximum atomic E-state index is 6.49. The zero-order valence-corrected chi connectivity index (χ0v) is 22.0. The van der Waals surface area contributed by atoms with Crippen molar-refractivity contribution in [1.82, 2.24) is 9.97 Å². The fourth-order valence-corrected chi connectivity index (χ4v) is 4.53. The average molecular weight is 465 g/mol. The third-order valence-electron chi connectivity index (χ3n) is 6.68. The smallest absolute Gasteiger partial charge is 0.227 e. The molecule has 0 unspecified atom stereocenters. The normalized spacial score (nSPS) is 12.6. The summed E-state index contributed by atoms with van der Waals surface area (Å²) in [5.41, 5.74) is 8.95. The lowest BCUT2D eigenvalue weighted by Crippen LogP contribution is -2.30. The second-order valence-corrected chi connectivity index (χ2v) is 11.6. The van der Waals surface area contributed by atoms with E-state index in [1.165, 1.54) is 5.56 Å². The molecular weight excluding hydrogens is 430 g/mol. The van der Waals surface area contributed by atoms with Gasteiger partial charge in [0.05, 0.1) is 11.3 Å². The lowest BCUT2D eigenvalue weighted by molar-refractivity contribution is -0.660. The van der Waals surface area contributed by atoms with E-state index in [0.29, 0.717) is 5.71 Å². The number of furan rings is 1. The van der Waals surface area contributed by atoms with Crippen LogP contribution in [0.2, 0.25) is 0 Å². The van der Waals surface area contributed by atoms with Crippen molar-refractivity contribution >= 4 is 22.1 Å². The topological polar surface area (TPSA) is 42.8 Å². The Morgan fingerprint density at radius 1 is 0.771 bits per heavy atom. The van der Waals surface area contributed by atoms with Crippen molar-refractivity contribution in [2.75, 3.05) is 0 Å². The van der Waals surface area contributed by atoms with Gasteiger partial charge in [0.15, 0.2) is 11.8 Å². The van der Waals surface area contributed by atoms with Crippen LogP contribution in [0.15, 0.2) is 65.2 Å². The first kappa shape index (κ1) is 23.2. The monoisotopic (exact) mass is 464 g/mol. The molecule has 5 aromatic rings. The molecule has 0 N–H and O–H groups in total. The Morgan fingerprint density at radius 2 is 1.43 bits per heavy atom. The van der Waals surface area contributed by atoms with Gasteiger partial charge in [-0.2, -0.15) is 0 Å². The van der Waals surface area contributed by atoms with Crippen molar-refractivity contribution in [1.29, 1.82) is 0 Å². The lowest BCUT2D eigenvalue weighted by Gasteiger charge is -2.24. The number of aryl methyl sites for hydroxylation is 2. The van der Waals surface area contributed by atoms with Crippen LogP contribution < -0.4 is 4.57 Å². The Morgan fingerprint density at radius 3 is 2.06 bits per heavy atom. The minimum absolute atomic E-state index is 0.0584. The highest BCUT2D eigenvalue weighted by Gasteiger charge is 2.24. The fraction of sp³-hybridized carbons (Fsp3) is 0.323. The van der Waals surface area contributed by atoms with E-state index in [9.17, 15) is 0 Å². The van der Waals surface area contributed by atoms with Crippen molar-refractivity contribution in [3.63, 3.8) is 0 Å². The largest absolute Gasteiger partial charge is 0.437 e. The molecule has 0 radical (unpaired) electrons. The van der Waals surface area contributed by atoms with Gasteiger partial charge in [-0.1, -0.05) is 53.7 Å². The van der Waals surface area contributed by atoms with Gasteiger partial charge in [-0.05, 0) is 42.8 Å². The molecule has 4 heteroatoms. The van der Waals surface area contributed by atoms with Crippen LogP contribution in [0.4, 0.5) is 0 Å². The number of benzene rings is 1. The van der Waals surface area contributed by atoms with Crippen molar-refractivity contribution in [2.24, 2.45) is 7.05 Å². The van der Waals surface area contributed by atoms with Crippen LogP contribution in [0, 0.1) is 6.92 Å². The number of pyridine rings is 3. The number of fused-ring (bicyclic) bond motifs is 3. The summed E-state index contributed by atoms with van der Waals surface area (Å²) < 4.78 is 8.62. The first-order chi connectivity index (χ1) is 16.4. The van der Waals surface area contributed by atoms with Crippen LogP contribution in [0.3, 0.4) is 0 Å². The summed E-state index contributed by atoms with van der Waals surface area (Å²) in [6.45, 7) is 15.4. The van der Waals surface area contributed by atoms with Crippen LogP contribution in [0.5, 0.6) is 0 Å². The van der Waals surface area contributed by atoms with Crippen molar-refractivity contribution < 1.29 is 8.98 Å². The molecule has 178 valence electrons. The van der Waals surface area contributed by atoms with Crippen LogP contribution in [0.1, 0.15) is 58.5 Å². The van der Waals surface area contributed by atoms with Gasteiger partial charge in [-0.15, -0.1) is 0 Å². The molecule has 5 rings (SSSR count). The SMILES string of the molecule is Cc1ccc2c(oc3nc(-c4cc(C(C)(C)C)nc(C(C)(C)C)c4)ccc32)c1-c1cccc[n+]1C. The molecule has 0 saturated carbocycles. The third-order valence-corrected chi connectivity index (χ3v) is 6.68. The predicted octanol–water partition coefficient (Wildman–Crippen LogP) is 7.44. The van der Waals surface area contributed by atoms with Crippen molar-refractivity contribution in [2.45, 2.75) is 59.3 Å². The minimum atomic E-state index is -0.0584. The van der Waals surface area contributed by atoms with Gasteiger partial charge in [0.25, 0.3) is 0 Å². The molecule has 0 aliphatic rings. The molecular formula is C31H34N3O+. The van der Waals surface area contributed by atoms with Crippen molar-refractivity contribution in [3.05, 3.63) is 77.7 Å². The van der Waals surface area contributed by atoms with Crippen molar-refractivity contribution in [3.8, 4) is 22.5 Å². The predicted molar refractivity (Wildman–Crippen MR) is 143 cm³/mol. The Hall–Kier alpha value is -3.53. The zero-order chi connectivity index (χ0) is 25.1. The molecule has 0 aliphatic heterocycles. The van der Waals surface area contributed by atoms with Gasteiger partial charge in [-0.25, -0.2) is 9.55 Å². The average Bonchev–Trinajstić information content (AvgIpc) is 3.16. The van der Waals surface area contributed by atoms with Crippen LogP contribution in [0.25, 0.3) is 44.6 Å². The standard InChI is InChI=1S/C31H34N3O/c1-19-12-13-21-22-14-15-23(20-17-25(30(2,3)4)33-26(18-20)31(5,6)7)32-29(22)35-28(21)27(19)24-11-9-10-16-34(24)8/h9-18H,1-8H3/q+1. The number of hydrogen-bond donors (Lipinski definition) is 0. The molecule has 0 spiro atoms. The van der Waals surface area contributed by atoms with E-state index in [2.05, 4.69) is 115 Å². The summed E-state index contributed by atoms with van der Waals surface area (Å²) in [4.78, 5) is 10.0. The van der Waals surface area contributed by atoms with Crippen LogP contribution in [-0.2, 0) is 17.9 Å². The molecule has 0 fully saturated rings. The Bertz CT molecular complexity index is 1550. The molecule has 4 aromatic heterocycles. The summed E-state index contributed by atoms with van der Waals surface area (Å²) >= 11 is 0. The van der Waals surface area contributed by atoms with E-state index in [1.54, 1.807) is 0 Å². The minimum Gasteiger partial charge on any atom is -0.437 e. The molecule has 0 saturated heterocycles. The molecule has 0 aliphatic carbocycles. The lowest BCUT2D eigenvalue weighted by atomic mass is 9.86. The summed E-state index contributed by atoms with van der Waals surface area (Å²) in [7, 11) is 2.07. The van der Waals surface area contributed by atoms with Gasteiger partial charge in [0, 0.05) is 50.7 Å². The molecule has 35 heavy (non-hydrogen) atoms. The summed E-state index contributed by atoms with van der Waals surface area (Å²) in [6.07, 6.45) is 2.07. The summed E-state index contributed by atoms with van der Waals surface area (Å²) in [6, 6.07) is 19.1. The van der Waals surface area contributed by atoms with Gasteiger partial charge in [0.2, 0.25) is 11.4 Å². The Balaban J connectivity index is 1.74. The zero-order valence-electron chi connectivity index (χ0n) is 22.0. The molecule has 0 bridgehead atoms. The summed E-state index contributed by atoms with van der Waals surface area (Å²) in [5.74, 6) is 0. The number of nitrogens with zero attached hydrogens (tertiary/aromatic N) is 3. The molecule has 0 amide bonds. The quantitative estimate of drug-likeness (QED) is 0.255. The van der Waals surface area contributed by atoms with E-state index >= 15 is 0 Å². The van der Waals surface area contributed by atoms with E-state index in [0.717, 1.165) is 50.3 Å². The maximum Gasteiger partial charge on any atom is 0.227 e. The maximum absolute atomic E-state index is 6.49.